The highest BCUT2D eigenvalue weighted by molar-refractivity contribution is 6.64. The molecule has 1 aromatic rings. The molecule has 2 rings (SSSR count). The fourth-order valence-corrected chi connectivity index (χ4v) is 2.55. The van der Waals surface area contributed by atoms with Crippen molar-refractivity contribution in [3.05, 3.63) is 16.6 Å². The van der Waals surface area contributed by atoms with Gasteiger partial charge in [0.15, 0.2) is 5.15 Å². The molecule has 0 N–H and O–H groups in total. The molecule has 0 aromatic carbocycles. The molecule has 1 saturated heterocycles. The Hall–Kier alpha value is -0.845. The molecule has 2 heterocycles. The van der Waals surface area contributed by atoms with Crippen LogP contribution in [0.4, 0.5) is 5.69 Å². The van der Waals surface area contributed by atoms with Gasteiger partial charge in [-0.2, -0.15) is 0 Å². The van der Waals surface area contributed by atoms with Gasteiger partial charge in [-0.1, -0.05) is 11.6 Å². The quantitative estimate of drug-likeness (QED) is 0.357. The summed E-state index contributed by atoms with van der Waals surface area (Å²) >= 11 is 11.7. The van der Waals surface area contributed by atoms with Crippen LogP contribution in [0.2, 0.25) is 10.4 Å². The highest BCUT2D eigenvalue weighted by Gasteiger charge is 2.25. The van der Waals surface area contributed by atoms with Crippen LogP contribution in [0.25, 0.3) is 0 Å². The van der Waals surface area contributed by atoms with Gasteiger partial charge in [-0.25, -0.2) is 9.97 Å². The van der Waals surface area contributed by atoms with E-state index >= 15 is 0 Å². The fraction of sp³-hybridized carbons (Fsp3) is 0.500. The largest absolute Gasteiger partial charge is 0.365 e. The highest BCUT2D eigenvalue weighted by Crippen LogP contribution is 2.25. The van der Waals surface area contributed by atoms with E-state index in [9.17, 15) is 4.79 Å². The topological polar surface area (TPSA) is 49.3 Å². The molecule has 0 amide bonds. The van der Waals surface area contributed by atoms with Crippen molar-refractivity contribution in [2.45, 2.75) is 13.0 Å². The smallest absolute Gasteiger partial charge is 0.281 e. The lowest BCUT2D eigenvalue weighted by atomic mass is 9.90. The third kappa shape index (κ3) is 2.94. The summed E-state index contributed by atoms with van der Waals surface area (Å²) in [5.41, 5.74) is 0.790. The van der Waals surface area contributed by atoms with Crippen LogP contribution in [0.15, 0.2) is 6.20 Å². The van der Waals surface area contributed by atoms with Gasteiger partial charge in [0.2, 0.25) is 5.28 Å². The Balaban J connectivity index is 2.10. The molecule has 1 atom stereocenters. The summed E-state index contributed by atoms with van der Waals surface area (Å²) < 4.78 is 0. The molecule has 0 bridgehead atoms. The number of anilines is 1. The van der Waals surface area contributed by atoms with Crippen LogP contribution in [0.3, 0.4) is 0 Å². The predicted octanol–water partition coefficient (Wildman–Crippen LogP) is 0.836. The first-order chi connectivity index (χ1) is 8.61. The number of hydrogen-bond acceptors (Lipinski definition) is 5. The van der Waals surface area contributed by atoms with Crippen molar-refractivity contribution in [2.75, 3.05) is 24.5 Å². The van der Waals surface area contributed by atoms with Crippen molar-refractivity contribution >= 4 is 42.5 Å². The summed E-state index contributed by atoms with van der Waals surface area (Å²) in [5, 5.41) is 0.516. The second-order valence-corrected chi connectivity index (χ2v) is 4.97. The van der Waals surface area contributed by atoms with E-state index in [0.29, 0.717) is 12.6 Å². The van der Waals surface area contributed by atoms with Gasteiger partial charge in [0.1, 0.15) is 0 Å². The number of aromatic nitrogens is 2. The summed E-state index contributed by atoms with van der Waals surface area (Å²) in [6.45, 7) is 4.49. The maximum atomic E-state index is 10.6. The number of rotatable bonds is 3. The Kier molecular flexibility index (Phi) is 4.42. The zero-order valence-corrected chi connectivity index (χ0v) is 11.5. The molecule has 1 aliphatic rings. The number of halogens is 2. The summed E-state index contributed by atoms with van der Waals surface area (Å²) in [4.78, 5) is 22.7. The second-order valence-electron chi connectivity index (χ2n) is 4.27. The molecular formula is C10H13BCl2N4O. The van der Waals surface area contributed by atoms with Crippen molar-refractivity contribution in [3.8, 4) is 0 Å². The van der Waals surface area contributed by atoms with Gasteiger partial charge in [0.25, 0.3) is 7.41 Å². The molecule has 5 nitrogen and oxygen atoms in total. The molecule has 0 aliphatic carbocycles. The lowest BCUT2D eigenvalue weighted by molar-refractivity contribution is 0.319. The van der Waals surface area contributed by atoms with Crippen LogP contribution in [0, 0.1) is 0 Å². The van der Waals surface area contributed by atoms with Crippen molar-refractivity contribution in [1.29, 1.82) is 0 Å². The van der Waals surface area contributed by atoms with Crippen LogP contribution in [-0.2, 0) is 4.79 Å². The Morgan fingerprint density at radius 2 is 2.28 bits per heavy atom. The first-order valence-electron chi connectivity index (χ1n) is 5.72. The third-order valence-corrected chi connectivity index (χ3v) is 3.57. The van der Waals surface area contributed by atoms with E-state index in [1.165, 1.54) is 0 Å². The van der Waals surface area contributed by atoms with Crippen LogP contribution in [0.5, 0.6) is 0 Å². The molecule has 8 heteroatoms. The minimum Gasteiger partial charge on any atom is -0.365 e. The summed E-state index contributed by atoms with van der Waals surface area (Å²) in [5.74, 6) is 0. The number of carbonyl (C=O) groups is 1. The minimum absolute atomic E-state index is 0.149. The van der Waals surface area contributed by atoms with Crippen molar-refractivity contribution in [3.63, 3.8) is 0 Å². The molecule has 1 aliphatic heterocycles. The molecule has 1 aromatic heterocycles. The van der Waals surface area contributed by atoms with E-state index < -0.39 is 0 Å². The zero-order valence-electron chi connectivity index (χ0n) is 10.0. The number of piperazine rings is 1. The molecule has 0 spiro atoms. The lowest BCUT2D eigenvalue weighted by Crippen LogP contribution is -2.53. The van der Waals surface area contributed by atoms with Gasteiger partial charge < -0.3 is 14.5 Å². The molecule has 0 radical (unpaired) electrons. The summed E-state index contributed by atoms with van der Waals surface area (Å²) in [6.07, 6.45) is 2.57. The normalized spacial score (nSPS) is 20.8. The summed E-state index contributed by atoms with van der Waals surface area (Å²) in [6, 6.07) is 0.288. The maximum absolute atomic E-state index is 10.6. The summed E-state index contributed by atoms with van der Waals surface area (Å²) in [7, 11) is 0.472. The molecular weight excluding hydrogens is 274 g/mol. The van der Waals surface area contributed by atoms with Gasteiger partial charge in [0.05, 0.1) is 18.1 Å². The van der Waals surface area contributed by atoms with E-state index in [1.807, 2.05) is 0 Å². The predicted molar refractivity (Wildman–Crippen MR) is 74.3 cm³/mol. The van der Waals surface area contributed by atoms with Gasteiger partial charge in [-0.3, -0.25) is 0 Å². The molecule has 1 fully saturated rings. The van der Waals surface area contributed by atoms with Crippen molar-refractivity contribution < 1.29 is 4.79 Å². The Labute approximate surface area is 116 Å². The Morgan fingerprint density at radius 1 is 1.50 bits per heavy atom. The number of nitrogens with zero attached hydrogens (tertiary/aromatic N) is 4. The van der Waals surface area contributed by atoms with E-state index in [1.54, 1.807) is 6.20 Å². The average Bonchev–Trinajstić information content (AvgIpc) is 2.32. The standard InChI is InChI=1S/C10H13BCl2N4O/c1-7-5-16(2-3-17(7)11-6-18)8-4-14-10(13)15-9(8)12/h4,6-7,11H,2-3,5H2,1H3. The SMILES string of the molecule is CC1CN(c2cnc(Cl)nc2Cl)CCN1BC=O. The molecule has 96 valence electrons. The van der Waals surface area contributed by atoms with Crippen molar-refractivity contribution in [2.24, 2.45) is 0 Å². The van der Waals surface area contributed by atoms with E-state index in [4.69, 9.17) is 23.2 Å². The van der Waals surface area contributed by atoms with Gasteiger partial charge >= 0.3 is 0 Å². The van der Waals surface area contributed by atoms with E-state index in [2.05, 4.69) is 26.6 Å². The fourth-order valence-electron chi connectivity index (χ4n) is 2.13. The van der Waals surface area contributed by atoms with Crippen LogP contribution in [-0.4, -0.2) is 54.1 Å². The van der Waals surface area contributed by atoms with Crippen LogP contribution in [0.1, 0.15) is 6.92 Å². The average molecular weight is 287 g/mol. The Bertz CT molecular complexity index is 448. The third-order valence-electron chi connectivity index (χ3n) is 3.11. The molecule has 18 heavy (non-hydrogen) atoms. The monoisotopic (exact) mass is 286 g/mol. The van der Waals surface area contributed by atoms with Gasteiger partial charge in [-0.15, -0.1) is 0 Å². The van der Waals surface area contributed by atoms with Gasteiger partial charge in [-0.05, 0) is 18.5 Å². The number of hydrogen-bond donors (Lipinski definition) is 0. The van der Waals surface area contributed by atoms with Crippen molar-refractivity contribution in [1.82, 2.24) is 14.8 Å². The molecule has 1 unspecified atom stereocenters. The lowest BCUT2D eigenvalue weighted by Gasteiger charge is -2.40. The minimum atomic E-state index is 0.149. The number of carbonyl (C=O) groups excluding carboxylic acids is 1. The Morgan fingerprint density at radius 3 is 2.89 bits per heavy atom. The second kappa shape index (κ2) is 5.86. The molecule has 0 saturated carbocycles. The highest BCUT2D eigenvalue weighted by atomic mass is 35.5. The first kappa shape index (κ1) is 13.6. The van der Waals surface area contributed by atoms with Gasteiger partial charge in [0, 0.05) is 25.7 Å². The van der Waals surface area contributed by atoms with E-state index in [0.717, 1.165) is 31.5 Å². The van der Waals surface area contributed by atoms with E-state index in [-0.39, 0.29) is 11.3 Å². The first-order valence-corrected chi connectivity index (χ1v) is 6.48. The van der Waals surface area contributed by atoms with Crippen LogP contribution < -0.4 is 4.90 Å². The zero-order chi connectivity index (χ0) is 13.1. The van der Waals surface area contributed by atoms with Crippen LogP contribution >= 0.6 is 23.2 Å². The maximum Gasteiger partial charge on any atom is 0.281 e.